The fourth-order valence-corrected chi connectivity index (χ4v) is 2.36. The summed E-state index contributed by atoms with van der Waals surface area (Å²) in [7, 11) is 0. The van der Waals surface area contributed by atoms with Crippen LogP contribution in [0.4, 0.5) is 0 Å². The van der Waals surface area contributed by atoms with E-state index in [0.717, 1.165) is 26.1 Å². The molecule has 3 nitrogen and oxygen atoms in total. The normalized spacial score (nSPS) is 35.2. The summed E-state index contributed by atoms with van der Waals surface area (Å²) in [5.74, 6) is 0.897. The Morgan fingerprint density at radius 3 is 2.85 bits per heavy atom. The molecule has 66 valence electrons. The summed E-state index contributed by atoms with van der Waals surface area (Å²) in [6.45, 7) is 3.15. The number of nitrogens with zero attached hydrogens (tertiary/aromatic N) is 2. The van der Waals surface area contributed by atoms with E-state index in [1.165, 1.54) is 0 Å². The van der Waals surface area contributed by atoms with Crippen LogP contribution in [0.3, 0.4) is 0 Å². The zero-order valence-electron chi connectivity index (χ0n) is 8.99. The Morgan fingerprint density at radius 1 is 1.62 bits per heavy atom. The van der Waals surface area contributed by atoms with Gasteiger partial charge in [-0.05, 0) is 18.9 Å². The Bertz CT molecular complexity index is 254. The Balaban J connectivity index is 0.000000845. The quantitative estimate of drug-likeness (QED) is 0.434. The predicted molar refractivity (Wildman–Crippen MR) is 44.4 cm³/mol. The van der Waals surface area contributed by atoms with Crippen molar-refractivity contribution in [2.24, 2.45) is 11.8 Å². The van der Waals surface area contributed by atoms with Gasteiger partial charge in [-0.1, -0.05) is 0 Å². The molecule has 0 saturated carbocycles. The van der Waals surface area contributed by atoms with Crippen LogP contribution in [0, 0.1) is 23.2 Å². The van der Waals surface area contributed by atoms with E-state index in [-0.39, 0.29) is 38.4 Å². The second-order valence-electron chi connectivity index (χ2n) is 3.72. The van der Waals surface area contributed by atoms with Gasteiger partial charge in [-0.2, -0.15) is 5.26 Å². The van der Waals surface area contributed by atoms with Gasteiger partial charge in [0.05, 0.1) is 12.5 Å². The van der Waals surface area contributed by atoms with Crippen molar-refractivity contribution < 1.29 is 25.1 Å². The summed E-state index contributed by atoms with van der Waals surface area (Å²) in [6.07, 6.45) is 1.26. The van der Waals surface area contributed by atoms with Crippen LogP contribution in [0.25, 0.3) is 0 Å². The zero-order valence-corrected chi connectivity index (χ0v) is 7.99. The number of hydrogen-bond acceptors (Lipinski definition) is 3. The molecule has 2 heterocycles. The number of carbonyl (C=O) groups excluding carboxylic acids is 1. The molecule has 0 spiro atoms. The molecular weight excluding hydrogens is 159 g/mol. The smallest absolute Gasteiger partial charge is 1.00 e. The van der Waals surface area contributed by atoms with Gasteiger partial charge in [0.15, 0.2) is 5.78 Å². The molecule has 2 aliphatic heterocycles. The summed E-state index contributed by atoms with van der Waals surface area (Å²) >= 11 is 0. The fraction of sp³-hybridized carbons (Fsp3) is 0.778. The number of nitriles is 1. The van der Waals surface area contributed by atoms with Crippen molar-refractivity contribution in [1.29, 1.82) is 5.26 Å². The predicted octanol–water partition coefficient (Wildman–Crippen LogP) is -2.46. The van der Waals surface area contributed by atoms with Crippen LogP contribution >= 0.6 is 0 Å². The van der Waals surface area contributed by atoms with Gasteiger partial charge in [0.25, 0.3) is 0 Å². The largest absolute Gasteiger partial charge is 1.00 e. The topological polar surface area (TPSA) is 44.1 Å². The van der Waals surface area contributed by atoms with Crippen LogP contribution in [0.15, 0.2) is 0 Å². The van der Waals surface area contributed by atoms with E-state index < -0.39 is 0 Å². The van der Waals surface area contributed by atoms with Crippen molar-refractivity contribution in [2.45, 2.75) is 12.8 Å². The molecule has 0 aromatic rings. The van der Waals surface area contributed by atoms with Crippen LogP contribution in [0.5, 0.6) is 0 Å². The average molecular weight is 172 g/mol. The summed E-state index contributed by atoms with van der Waals surface area (Å²) in [5.41, 5.74) is 0. The second kappa shape index (κ2) is 4.29. The minimum absolute atomic E-state index is 0. The molecule has 0 N–H and O–H groups in total. The van der Waals surface area contributed by atoms with E-state index in [9.17, 15) is 4.79 Å². The molecule has 2 aliphatic rings. The Labute approximate surface area is 91.7 Å². The average Bonchev–Trinajstić information content (AvgIpc) is 2.64. The first-order chi connectivity index (χ1) is 5.81. The van der Waals surface area contributed by atoms with Crippen molar-refractivity contribution in [3.8, 4) is 6.07 Å². The van der Waals surface area contributed by atoms with Crippen LogP contribution < -0.4 is 18.9 Å². The molecule has 13 heavy (non-hydrogen) atoms. The van der Waals surface area contributed by atoms with Crippen molar-refractivity contribution in [3.05, 3.63) is 0 Å². The maximum Gasteiger partial charge on any atom is 1.00 e. The van der Waals surface area contributed by atoms with E-state index in [1.54, 1.807) is 0 Å². The summed E-state index contributed by atoms with van der Waals surface area (Å²) in [5, 5.41) is 8.38. The number of rotatable bonds is 2. The van der Waals surface area contributed by atoms with Gasteiger partial charge in [-0.15, -0.1) is 0 Å². The van der Waals surface area contributed by atoms with Crippen molar-refractivity contribution >= 4 is 5.78 Å². The van der Waals surface area contributed by atoms with E-state index in [4.69, 9.17) is 5.26 Å². The van der Waals surface area contributed by atoms with E-state index >= 15 is 0 Å². The molecule has 0 aliphatic carbocycles. The number of ketones is 1. The monoisotopic (exact) mass is 172 g/mol. The first-order valence-corrected chi connectivity index (χ1v) is 4.43. The third-order valence-corrected chi connectivity index (χ3v) is 3.00. The van der Waals surface area contributed by atoms with Gasteiger partial charge in [0.1, 0.15) is 0 Å². The molecule has 2 fully saturated rings. The van der Waals surface area contributed by atoms with Crippen LogP contribution in [0.1, 0.15) is 14.3 Å². The minimum atomic E-state index is 0. The minimum Gasteiger partial charge on any atom is -1.00 e. The van der Waals surface area contributed by atoms with E-state index in [2.05, 4.69) is 4.90 Å². The molecule has 0 amide bonds. The Morgan fingerprint density at radius 2 is 2.38 bits per heavy atom. The Hall–Kier alpha value is -0.283. The van der Waals surface area contributed by atoms with Crippen molar-refractivity contribution in [3.63, 3.8) is 0 Å². The van der Waals surface area contributed by atoms with Gasteiger partial charge in [0.2, 0.25) is 0 Å². The molecule has 2 saturated heterocycles. The molecule has 3 atom stereocenters. The molecule has 3 unspecified atom stereocenters. The molecule has 4 heteroatoms. The molecule has 0 aromatic heterocycles. The van der Waals surface area contributed by atoms with Crippen LogP contribution in [0.2, 0.25) is 0 Å². The van der Waals surface area contributed by atoms with Crippen molar-refractivity contribution in [1.82, 2.24) is 4.90 Å². The van der Waals surface area contributed by atoms with E-state index in [1.807, 2.05) is 6.07 Å². The molecule has 2 rings (SSSR count). The Kier molecular flexibility index (Phi) is 3.56. The van der Waals surface area contributed by atoms with Crippen molar-refractivity contribution in [2.75, 3.05) is 19.6 Å². The zero-order chi connectivity index (χ0) is 8.55. The van der Waals surface area contributed by atoms with Gasteiger partial charge >= 0.3 is 18.9 Å². The van der Waals surface area contributed by atoms with Gasteiger partial charge in [-0.25, -0.2) is 0 Å². The summed E-state index contributed by atoms with van der Waals surface area (Å²) in [4.78, 5) is 13.7. The third kappa shape index (κ3) is 1.97. The number of carbonyl (C=O) groups is 1. The first-order valence-electron chi connectivity index (χ1n) is 4.43. The maximum atomic E-state index is 11.4. The van der Waals surface area contributed by atoms with Crippen LogP contribution in [-0.4, -0.2) is 30.3 Å². The summed E-state index contributed by atoms with van der Waals surface area (Å²) < 4.78 is 0. The first kappa shape index (κ1) is 10.8. The molecule has 2 bridgehead atoms. The van der Waals surface area contributed by atoms with E-state index in [0.29, 0.717) is 5.92 Å². The number of hydrogen-bond donors (Lipinski definition) is 0. The van der Waals surface area contributed by atoms with Gasteiger partial charge in [-0.3, -0.25) is 4.79 Å². The standard InChI is InChI=1S/C9H12N2O.Li.H/c10-3-1-9(12)8-6-11-4-2-7(8)5-11;;/h7-8H,1-2,4-6H2;;/q;+1;-1. The fourth-order valence-electron chi connectivity index (χ4n) is 2.36. The summed E-state index contributed by atoms with van der Waals surface area (Å²) in [6, 6.07) is 1.94. The number of Topliss-reactive ketones (excluding diaryl/α,β-unsaturated/α-hetero) is 1. The third-order valence-electron chi connectivity index (χ3n) is 3.00. The molecule has 0 radical (unpaired) electrons. The van der Waals surface area contributed by atoms with Gasteiger partial charge in [0, 0.05) is 19.0 Å². The SMILES string of the molecule is N#CCC(=O)C1CN2CCC1C2.[H-].[Li+]. The second-order valence-corrected chi connectivity index (χ2v) is 3.72. The number of fused-ring (bicyclic) bond motifs is 2. The number of piperidine rings is 1. The van der Waals surface area contributed by atoms with Gasteiger partial charge < -0.3 is 6.33 Å². The van der Waals surface area contributed by atoms with Crippen LogP contribution in [-0.2, 0) is 4.79 Å². The molecular formula is C9H13LiN2O. The molecule has 0 aromatic carbocycles. The maximum absolute atomic E-state index is 11.4.